The molecule has 3 rings (SSSR count). The molecule has 1 aliphatic rings. The fraction of sp³-hybridized carbons (Fsp3) is 0.500. The first-order valence-corrected chi connectivity index (χ1v) is 7.60. The van der Waals surface area contributed by atoms with Crippen LogP contribution in [0.4, 0.5) is 0 Å². The van der Waals surface area contributed by atoms with Crippen molar-refractivity contribution < 1.29 is 4.74 Å². The number of aryl methyl sites for hydroxylation is 1. The summed E-state index contributed by atoms with van der Waals surface area (Å²) in [6.07, 6.45) is 2.12. The third kappa shape index (κ3) is 2.54. The number of nitrogens with zero attached hydrogens (tertiary/aromatic N) is 2. The molecule has 1 N–H and O–H groups in total. The Morgan fingerprint density at radius 2 is 2.18 bits per heavy atom. The summed E-state index contributed by atoms with van der Waals surface area (Å²) in [5, 5.41) is 3.84. The number of piperidine rings is 1. The zero-order valence-corrected chi connectivity index (χ0v) is 13.0. The predicted molar refractivity (Wildman–Crippen MR) is 85.6 cm³/mol. The smallest absolute Gasteiger partial charge is 0.331 e. The van der Waals surface area contributed by atoms with Crippen molar-refractivity contribution in [2.75, 3.05) is 20.2 Å². The molecule has 22 heavy (non-hydrogen) atoms. The molecule has 0 radical (unpaired) electrons. The third-order valence-electron chi connectivity index (χ3n) is 4.40. The van der Waals surface area contributed by atoms with Gasteiger partial charge in [-0.05, 0) is 50.0 Å². The minimum atomic E-state index is -0.256. The van der Waals surface area contributed by atoms with E-state index in [2.05, 4.69) is 5.32 Å². The monoisotopic (exact) mass is 303 g/mol. The first kappa shape index (κ1) is 14.8. The number of hydrogen-bond donors (Lipinski definition) is 1. The maximum absolute atomic E-state index is 12.7. The minimum absolute atomic E-state index is 0.234. The molecule has 0 amide bonds. The Labute approximate surface area is 128 Å². The number of fused-ring (bicyclic) bond motifs is 1. The quantitative estimate of drug-likeness (QED) is 0.907. The van der Waals surface area contributed by atoms with Crippen LogP contribution in [-0.4, -0.2) is 29.3 Å². The summed E-state index contributed by atoms with van der Waals surface area (Å²) in [5.41, 5.74) is 0.143. The van der Waals surface area contributed by atoms with Crippen LogP contribution in [0.25, 0.3) is 10.9 Å². The Balaban J connectivity index is 2.12. The summed E-state index contributed by atoms with van der Waals surface area (Å²) in [5.74, 6) is 0.941. The van der Waals surface area contributed by atoms with Crippen molar-refractivity contribution in [2.45, 2.75) is 19.4 Å². The molecular weight excluding hydrogens is 282 g/mol. The average Bonchev–Trinajstić information content (AvgIpc) is 2.57. The van der Waals surface area contributed by atoms with E-state index in [0.29, 0.717) is 29.1 Å². The lowest BCUT2D eigenvalue weighted by Crippen LogP contribution is -2.43. The molecule has 0 bridgehead atoms. The van der Waals surface area contributed by atoms with E-state index in [1.165, 1.54) is 9.13 Å². The highest BCUT2D eigenvalue weighted by Gasteiger charge is 2.18. The van der Waals surface area contributed by atoms with Crippen molar-refractivity contribution in [2.24, 2.45) is 13.0 Å². The molecule has 1 aliphatic heterocycles. The van der Waals surface area contributed by atoms with Crippen molar-refractivity contribution >= 4 is 10.9 Å². The Kier molecular flexibility index (Phi) is 4.02. The largest absolute Gasteiger partial charge is 0.497 e. The molecule has 0 spiro atoms. The molecule has 2 heterocycles. The summed E-state index contributed by atoms with van der Waals surface area (Å²) in [6.45, 7) is 2.33. The Hall–Kier alpha value is -2.08. The van der Waals surface area contributed by atoms with Crippen LogP contribution in [0.15, 0.2) is 27.8 Å². The number of hydrogen-bond acceptors (Lipinski definition) is 4. The number of benzene rings is 1. The van der Waals surface area contributed by atoms with Crippen molar-refractivity contribution in [1.82, 2.24) is 14.5 Å². The molecule has 2 aromatic rings. The lowest BCUT2D eigenvalue weighted by atomic mass is 9.99. The fourth-order valence-corrected chi connectivity index (χ4v) is 3.12. The SMILES string of the molecule is COc1ccc2c(c1)c(=O)n(CC1CCCNC1)c(=O)n2C. The molecule has 1 atom stereocenters. The van der Waals surface area contributed by atoms with Crippen molar-refractivity contribution in [1.29, 1.82) is 0 Å². The van der Waals surface area contributed by atoms with Gasteiger partial charge < -0.3 is 10.1 Å². The molecular formula is C16H21N3O3. The van der Waals surface area contributed by atoms with Gasteiger partial charge in [0.2, 0.25) is 0 Å². The van der Waals surface area contributed by atoms with Crippen molar-refractivity contribution in [3.63, 3.8) is 0 Å². The summed E-state index contributed by atoms with van der Waals surface area (Å²) >= 11 is 0. The highest BCUT2D eigenvalue weighted by Crippen LogP contribution is 2.17. The standard InChI is InChI=1S/C16H21N3O3/c1-18-14-6-5-12(22-2)8-13(14)15(20)19(16(18)21)10-11-4-3-7-17-9-11/h5-6,8,11,17H,3-4,7,9-10H2,1-2H3. The number of methoxy groups -OCH3 is 1. The van der Waals surface area contributed by atoms with Crippen LogP contribution in [0.1, 0.15) is 12.8 Å². The predicted octanol–water partition coefficient (Wildman–Crippen LogP) is 0.708. The molecule has 1 aromatic carbocycles. The molecule has 1 unspecified atom stereocenters. The first-order chi connectivity index (χ1) is 10.6. The molecule has 1 fully saturated rings. The van der Waals surface area contributed by atoms with Crippen molar-refractivity contribution in [3.05, 3.63) is 39.0 Å². The Morgan fingerprint density at radius 1 is 1.36 bits per heavy atom. The number of aromatic nitrogens is 2. The van der Waals surface area contributed by atoms with Gasteiger partial charge in [-0.25, -0.2) is 4.79 Å². The molecule has 1 aromatic heterocycles. The van der Waals surface area contributed by atoms with Crippen LogP contribution in [0, 0.1) is 5.92 Å². The van der Waals surface area contributed by atoms with E-state index in [4.69, 9.17) is 4.74 Å². The van der Waals surface area contributed by atoms with Gasteiger partial charge in [-0.3, -0.25) is 13.9 Å². The third-order valence-corrected chi connectivity index (χ3v) is 4.40. The number of ether oxygens (including phenoxy) is 1. The summed E-state index contributed by atoms with van der Waals surface area (Å²) in [6, 6.07) is 5.22. The van der Waals surface area contributed by atoms with E-state index in [1.807, 2.05) is 0 Å². The Bertz CT molecular complexity index is 801. The van der Waals surface area contributed by atoms with Gasteiger partial charge in [0.1, 0.15) is 5.75 Å². The highest BCUT2D eigenvalue weighted by molar-refractivity contribution is 5.79. The summed E-state index contributed by atoms with van der Waals surface area (Å²) in [4.78, 5) is 25.2. The molecule has 1 saturated heterocycles. The van der Waals surface area contributed by atoms with Gasteiger partial charge in [0.15, 0.2) is 0 Å². The van der Waals surface area contributed by atoms with Gasteiger partial charge in [0.25, 0.3) is 5.56 Å². The Morgan fingerprint density at radius 3 is 2.86 bits per heavy atom. The zero-order chi connectivity index (χ0) is 15.7. The van der Waals surface area contributed by atoms with Gasteiger partial charge in [0.05, 0.1) is 18.0 Å². The topological polar surface area (TPSA) is 65.3 Å². The van der Waals surface area contributed by atoms with Crippen LogP contribution in [0.3, 0.4) is 0 Å². The minimum Gasteiger partial charge on any atom is -0.497 e. The fourth-order valence-electron chi connectivity index (χ4n) is 3.12. The molecule has 0 saturated carbocycles. The lowest BCUT2D eigenvalue weighted by Gasteiger charge is -2.23. The van der Waals surface area contributed by atoms with Crippen LogP contribution in [0.5, 0.6) is 5.75 Å². The summed E-state index contributed by atoms with van der Waals surface area (Å²) in [7, 11) is 3.27. The lowest BCUT2D eigenvalue weighted by molar-refractivity contribution is 0.327. The maximum atomic E-state index is 12.7. The maximum Gasteiger partial charge on any atom is 0.331 e. The summed E-state index contributed by atoms with van der Waals surface area (Å²) < 4.78 is 8.09. The van der Waals surface area contributed by atoms with Crippen molar-refractivity contribution in [3.8, 4) is 5.75 Å². The molecule has 6 heteroatoms. The van der Waals surface area contributed by atoms with Crippen LogP contribution < -0.4 is 21.3 Å². The van der Waals surface area contributed by atoms with E-state index in [-0.39, 0.29) is 11.2 Å². The normalized spacial score (nSPS) is 18.5. The average molecular weight is 303 g/mol. The van der Waals surface area contributed by atoms with E-state index in [1.54, 1.807) is 32.4 Å². The number of nitrogens with one attached hydrogen (secondary N) is 1. The van der Waals surface area contributed by atoms with Crippen LogP contribution in [-0.2, 0) is 13.6 Å². The van der Waals surface area contributed by atoms with E-state index in [0.717, 1.165) is 25.9 Å². The molecule has 6 nitrogen and oxygen atoms in total. The van der Waals surface area contributed by atoms with E-state index >= 15 is 0 Å². The second kappa shape index (κ2) is 5.96. The number of rotatable bonds is 3. The molecule has 118 valence electrons. The van der Waals surface area contributed by atoms with Crippen LogP contribution >= 0.6 is 0 Å². The first-order valence-electron chi connectivity index (χ1n) is 7.60. The van der Waals surface area contributed by atoms with E-state index < -0.39 is 0 Å². The van der Waals surface area contributed by atoms with Gasteiger partial charge in [-0.2, -0.15) is 0 Å². The van der Waals surface area contributed by atoms with Gasteiger partial charge >= 0.3 is 5.69 Å². The zero-order valence-electron chi connectivity index (χ0n) is 13.0. The van der Waals surface area contributed by atoms with Gasteiger partial charge in [-0.15, -0.1) is 0 Å². The second-order valence-corrected chi connectivity index (χ2v) is 5.85. The van der Waals surface area contributed by atoms with E-state index in [9.17, 15) is 9.59 Å². The van der Waals surface area contributed by atoms with Gasteiger partial charge in [-0.1, -0.05) is 0 Å². The van der Waals surface area contributed by atoms with Crippen LogP contribution in [0.2, 0.25) is 0 Å². The molecule has 0 aliphatic carbocycles. The highest BCUT2D eigenvalue weighted by atomic mass is 16.5. The van der Waals surface area contributed by atoms with Gasteiger partial charge in [0, 0.05) is 13.6 Å². The second-order valence-electron chi connectivity index (χ2n) is 5.85.